The second-order valence-electron chi connectivity index (χ2n) is 9.28. The van der Waals surface area contributed by atoms with Crippen LogP contribution in [0.25, 0.3) is 11.1 Å². The van der Waals surface area contributed by atoms with E-state index in [0.717, 1.165) is 12.1 Å². The largest absolute Gasteiger partial charge is 0.493 e. The van der Waals surface area contributed by atoms with Crippen LogP contribution < -0.4 is 5.56 Å². The lowest BCUT2D eigenvalue weighted by molar-refractivity contribution is 0.0554. The standard InChI is InChI=1S/C29H27FN4O6S/c1-18(2)40-17-26-33-28(35)27(29(36)34(26)25(16-39-3)19-7-5-4-6-8-19)41(37,38)21-9-10-22(24(30)13-21)23-15-32-12-11-20(23)14-31/h4-13,15,18,25,36H,16-17H2,1-3H3/t25-/m0/s1. The van der Waals surface area contributed by atoms with Gasteiger partial charge in [-0.05, 0) is 37.6 Å². The van der Waals surface area contributed by atoms with Crippen molar-refractivity contribution in [2.24, 2.45) is 0 Å². The summed E-state index contributed by atoms with van der Waals surface area (Å²) in [5.41, 5.74) is -0.330. The highest BCUT2D eigenvalue weighted by molar-refractivity contribution is 7.91. The minimum Gasteiger partial charge on any atom is -0.493 e. The zero-order chi connectivity index (χ0) is 29.7. The van der Waals surface area contributed by atoms with E-state index in [9.17, 15) is 23.6 Å². The number of aromatic hydroxyl groups is 1. The lowest BCUT2D eigenvalue weighted by Crippen LogP contribution is -2.29. The van der Waals surface area contributed by atoms with Gasteiger partial charge in [-0.3, -0.25) is 14.3 Å². The van der Waals surface area contributed by atoms with Crippen LogP contribution >= 0.6 is 0 Å². The first-order valence-corrected chi connectivity index (χ1v) is 14.0. The van der Waals surface area contributed by atoms with Gasteiger partial charge in [-0.1, -0.05) is 36.4 Å². The van der Waals surface area contributed by atoms with Crippen LogP contribution in [0.1, 0.15) is 36.8 Å². The lowest BCUT2D eigenvalue weighted by Gasteiger charge is -2.26. The Morgan fingerprint density at radius 2 is 1.85 bits per heavy atom. The molecule has 0 radical (unpaired) electrons. The molecule has 0 unspecified atom stereocenters. The molecule has 0 bridgehead atoms. The van der Waals surface area contributed by atoms with Crippen LogP contribution in [0, 0.1) is 17.1 Å². The summed E-state index contributed by atoms with van der Waals surface area (Å²) in [7, 11) is -3.35. The van der Waals surface area contributed by atoms with Crippen molar-refractivity contribution >= 4 is 9.84 Å². The van der Waals surface area contributed by atoms with Crippen molar-refractivity contribution in [3.8, 4) is 23.1 Å². The Balaban J connectivity index is 1.91. The molecule has 0 spiro atoms. The molecule has 2 heterocycles. The molecule has 10 nitrogen and oxygen atoms in total. The highest BCUT2D eigenvalue weighted by Crippen LogP contribution is 2.34. The molecule has 12 heteroatoms. The van der Waals surface area contributed by atoms with Crippen molar-refractivity contribution in [1.29, 1.82) is 5.26 Å². The van der Waals surface area contributed by atoms with Crippen LogP contribution in [0.15, 0.2) is 81.6 Å². The van der Waals surface area contributed by atoms with Crippen LogP contribution in [0.2, 0.25) is 0 Å². The number of ether oxygens (including phenoxy) is 2. The van der Waals surface area contributed by atoms with E-state index in [0.29, 0.717) is 5.56 Å². The maximum absolute atomic E-state index is 15.3. The Kier molecular flexibility index (Phi) is 8.92. The number of methoxy groups -OCH3 is 1. The molecule has 4 aromatic rings. The van der Waals surface area contributed by atoms with Crippen molar-refractivity contribution in [3.05, 3.63) is 100 Å². The summed E-state index contributed by atoms with van der Waals surface area (Å²) >= 11 is 0. The number of nitrogens with zero attached hydrogens (tertiary/aromatic N) is 4. The SMILES string of the molecule is COC[C@@H](c1ccccc1)n1c(COC(C)C)nc(=O)c(S(=O)(=O)c2ccc(-c3cnccc3C#N)c(F)c2)c1O. The summed E-state index contributed by atoms with van der Waals surface area (Å²) in [5, 5.41) is 20.8. The molecule has 1 atom stereocenters. The first-order chi connectivity index (χ1) is 19.6. The molecule has 41 heavy (non-hydrogen) atoms. The van der Waals surface area contributed by atoms with Gasteiger partial charge in [0.1, 0.15) is 18.2 Å². The van der Waals surface area contributed by atoms with Gasteiger partial charge in [0.25, 0.3) is 5.56 Å². The third kappa shape index (κ3) is 6.02. The van der Waals surface area contributed by atoms with Crippen molar-refractivity contribution in [2.75, 3.05) is 13.7 Å². The predicted octanol–water partition coefficient (Wildman–Crippen LogP) is 4.02. The van der Waals surface area contributed by atoms with Crippen molar-refractivity contribution in [2.45, 2.75) is 42.4 Å². The second kappa shape index (κ2) is 12.4. The number of pyridine rings is 1. The van der Waals surface area contributed by atoms with E-state index in [2.05, 4.69) is 9.97 Å². The van der Waals surface area contributed by atoms with Gasteiger partial charge in [-0.25, -0.2) is 12.8 Å². The summed E-state index contributed by atoms with van der Waals surface area (Å²) in [6.45, 7) is 3.33. The van der Waals surface area contributed by atoms with Gasteiger partial charge in [-0.2, -0.15) is 10.2 Å². The maximum atomic E-state index is 15.3. The zero-order valence-corrected chi connectivity index (χ0v) is 23.3. The summed E-state index contributed by atoms with van der Waals surface area (Å²) in [6, 6.07) is 14.4. The van der Waals surface area contributed by atoms with Gasteiger partial charge in [-0.15, -0.1) is 0 Å². The van der Waals surface area contributed by atoms with Crippen molar-refractivity contribution in [3.63, 3.8) is 0 Å². The van der Waals surface area contributed by atoms with E-state index in [1.54, 1.807) is 44.2 Å². The Labute approximate surface area is 236 Å². The smallest absolute Gasteiger partial charge is 0.296 e. The molecule has 0 aliphatic carbocycles. The van der Waals surface area contributed by atoms with Gasteiger partial charge < -0.3 is 14.6 Å². The maximum Gasteiger partial charge on any atom is 0.296 e. The lowest BCUT2D eigenvalue weighted by atomic mass is 10.0. The molecule has 1 N–H and O–H groups in total. The zero-order valence-electron chi connectivity index (χ0n) is 22.5. The number of hydrogen-bond acceptors (Lipinski definition) is 9. The predicted molar refractivity (Wildman–Crippen MR) is 146 cm³/mol. The molecule has 0 fully saturated rings. The number of aromatic nitrogens is 3. The summed E-state index contributed by atoms with van der Waals surface area (Å²) in [6.07, 6.45) is 2.41. The Hall–Kier alpha value is -4.44. The molecule has 2 aromatic carbocycles. The first-order valence-electron chi connectivity index (χ1n) is 12.5. The fourth-order valence-corrected chi connectivity index (χ4v) is 5.67. The van der Waals surface area contributed by atoms with E-state index in [1.165, 1.54) is 36.2 Å². The van der Waals surface area contributed by atoms with E-state index in [-0.39, 0.29) is 41.8 Å². The van der Waals surface area contributed by atoms with Crippen LogP contribution in [0.5, 0.6) is 5.88 Å². The molecular formula is C29H27FN4O6S. The number of rotatable bonds is 10. The molecular weight excluding hydrogens is 551 g/mol. The van der Waals surface area contributed by atoms with E-state index in [4.69, 9.17) is 9.47 Å². The minimum atomic E-state index is -4.79. The van der Waals surface area contributed by atoms with Crippen LogP contribution in [0.4, 0.5) is 4.39 Å². The van der Waals surface area contributed by atoms with Gasteiger partial charge in [0.15, 0.2) is 4.90 Å². The van der Waals surface area contributed by atoms with E-state index in [1.807, 2.05) is 6.07 Å². The van der Waals surface area contributed by atoms with Gasteiger partial charge >= 0.3 is 0 Å². The fourth-order valence-electron chi connectivity index (χ4n) is 4.31. The Bertz CT molecular complexity index is 1770. The molecule has 0 aliphatic heterocycles. The van der Waals surface area contributed by atoms with Gasteiger partial charge in [0.05, 0.1) is 35.3 Å². The first kappa shape index (κ1) is 29.5. The quantitative estimate of drug-likeness (QED) is 0.295. The topological polar surface area (TPSA) is 144 Å². The van der Waals surface area contributed by atoms with Gasteiger partial charge in [0.2, 0.25) is 15.7 Å². The molecule has 0 amide bonds. The summed E-state index contributed by atoms with van der Waals surface area (Å²) < 4.78 is 55.0. The summed E-state index contributed by atoms with van der Waals surface area (Å²) in [4.78, 5) is 19.5. The fraction of sp³-hybridized carbons (Fsp3) is 0.241. The normalized spacial score (nSPS) is 12.3. The number of nitriles is 1. The van der Waals surface area contributed by atoms with E-state index >= 15 is 4.39 Å². The van der Waals surface area contributed by atoms with E-state index < -0.39 is 42.9 Å². The molecule has 0 aliphatic rings. The third-order valence-corrected chi connectivity index (χ3v) is 8.02. The molecule has 0 saturated carbocycles. The van der Waals surface area contributed by atoms with Crippen molar-refractivity contribution in [1.82, 2.24) is 14.5 Å². The Morgan fingerprint density at radius 1 is 1.12 bits per heavy atom. The molecule has 4 rings (SSSR count). The second-order valence-corrected chi connectivity index (χ2v) is 11.2. The molecule has 2 aromatic heterocycles. The monoisotopic (exact) mass is 578 g/mol. The number of hydrogen-bond donors (Lipinski definition) is 1. The average Bonchev–Trinajstić information content (AvgIpc) is 2.95. The Morgan fingerprint density at radius 3 is 2.49 bits per heavy atom. The molecule has 212 valence electrons. The van der Waals surface area contributed by atoms with Crippen molar-refractivity contribution < 1.29 is 27.4 Å². The summed E-state index contributed by atoms with van der Waals surface area (Å²) in [5.74, 6) is -1.87. The van der Waals surface area contributed by atoms with Crippen LogP contribution in [0.3, 0.4) is 0 Å². The number of benzene rings is 2. The van der Waals surface area contributed by atoms with Crippen LogP contribution in [-0.2, 0) is 25.9 Å². The van der Waals surface area contributed by atoms with Gasteiger partial charge in [0, 0.05) is 30.6 Å². The minimum absolute atomic E-state index is 0.00798. The average molecular weight is 579 g/mol. The highest BCUT2D eigenvalue weighted by atomic mass is 32.2. The van der Waals surface area contributed by atoms with Crippen LogP contribution in [-0.4, -0.2) is 47.9 Å². The third-order valence-electron chi connectivity index (χ3n) is 6.25. The number of halogens is 1. The number of sulfone groups is 1. The highest BCUT2D eigenvalue weighted by Gasteiger charge is 2.33. The molecule has 0 saturated heterocycles.